The van der Waals surface area contributed by atoms with Gasteiger partial charge in [0.05, 0.1) is 39.8 Å². The number of aromatic carboxylic acids is 1. The number of rotatable bonds is 6. The molecule has 3 heterocycles. The lowest BCUT2D eigenvalue weighted by Crippen LogP contribution is -2.34. The van der Waals surface area contributed by atoms with Gasteiger partial charge in [-0.15, -0.1) is 11.3 Å². The fraction of sp³-hybridized carbons (Fsp3) is 0.0833. The summed E-state index contributed by atoms with van der Waals surface area (Å²) in [5.74, 6) is -3.30. The number of nitrogens with zero attached hydrogens (tertiary/aromatic N) is 2. The zero-order chi connectivity index (χ0) is 26.4. The Morgan fingerprint density at radius 2 is 2.00 bits per heavy atom. The van der Waals surface area contributed by atoms with E-state index in [1.807, 2.05) is 0 Å². The molecule has 13 heteroatoms. The van der Waals surface area contributed by atoms with Crippen LogP contribution in [0, 0.1) is 11.6 Å². The van der Waals surface area contributed by atoms with Crippen molar-refractivity contribution in [1.29, 1.82) is 0 Å². The minimum absolute atomic E-state index is 0.0108. The number of hydrogen-bond donors (Lipinski definition) is 2. The Kier molecular flexibility index (Phi) is 6.13. The van der Waals surface area contributed by atoms with Crippen LogP contribution in [-0.2, 0) is 6.61 Å². The molecule has 9 nitrogen and oxygen atoms in total. The standard InChI is InChI=1S/C24H14ClF2N3O6S/c1-35-17-6-14(27)16(30-22(31)19-15(29-24(30)34)9-37-21(19)23(32)33)7-18(17)36-8-11-13(26)5-12(25)10-3-2-4-28-20(10)11/h2-7,9H,8H2,1H3,(H,29,34)(H,32,33). The largest absolute Gasteiger partial charge is 0.493 e. The van der Waals surface area contributed by atoms with Crippen LogP contribution in [0.2, 0.25) is 5.02 Å². The first-order chi connectivity index (χ1) is 17.7. The molecule has 0 fully saturated rings. The lowest BCUT2D eigenvalue weighted by Gasteiger charge is -2.15. The highest BCUT2D eigenvalue weighted by Gasteiger charge is 2.22. The number of ether oxygens (including phenoxy) is 2. The van der Waals surface area contributed by atoms with Crippen molar-refractivity contribution < 1.29 is 28.2 Å². The second-order valence-corrected chi connectivity index (χ2v) is 8.98. The number of carboxylic acids is 1. The van der Waals surface area contributed by atoms with E-state index in [0.29, 0.717) is 9.95 Å². The number of methoxy groups -OCH3 is 1. The van der Waals surface area contributed by atoms with Crippen molar-refractivity contribution in [3.8, 4) is 17.2 Å². The normalized spacial score (nSPS) is 11.2. The first kappa shape index (κ1) is 24.4. The Hall–Kier alpha value is -4.29. The maximum atomic E-state index is 15.1. The molecular weight excluding hydrogens is 532 g/mol. The van der Waals surface area contributed by atoms with Crippen molar-refractivity contribution in [2.45, 2.75) is 6.61 Å². The van der Waals surface area contributed by atoms with Gasteiger partial charge in [0.2, 0.25) is 0 Å². The third kappa shape index (κ3) is 4.09. The maximum Gasteiger partial charge on any atom is 0.346 e. The minimum Gasteiger partial charge on any atom is -0.493 e. The van der Waals surface area contributed by atoms with Crippen LogP contribution in [0.1, 0.15) is 15.2 Å². The van der Waals surface area contributed by atoms with Crippen molar-refractivity contribution in [1.82, 2.24) is 14.5 Å². The molecule has 0 aliphatic heterocycles. The number of pyridine rings is 1. The van der Waals surface area contributed by atoms with E-state index >= 15 is 4.39 Å². The number of carboxylic acid groups (broad SMARTS) is 1. The molecule has 188 valence electrons. The molecule has 0 amide bonds. The molecule has 0 unspecified atom stereocenters. The summed E-state index contributed by atoms with van der Waals surface area (Å²) >= 11 is 6.86. The van der Waals surface area contributed by atoms with Gasteiger partial charge in [0.1, 0.15) is 17.3 Å². The van der Waals surface area contributed by atoms with Gasteiger partial charge >= 0.3 is 11.7 Å². The lowest BCUT2D eigenvalue weighted by molar-refractivity contribution is 0.0704. The van der Waals surface area contributed by atoms with Gasteiger partial charge in [-0.2, -0.15) is 0 Å². The van der Waals surface area contributed by atoms with Crippen molar-refractivity contribution in [2.75, 3.05) is 7.11 Å². The summed E-state index contributed by atoms with van der Waals surface area (Å²) in [6.07, 6.45) is 1.46. The van der Waals surface area contributed by atoms with Crippen LogP contribution >= 0.6 is 22.9 Å². The predicted molar refractivity (Wildman–Crippen MR) is 133 cm³/mol. The van der Waals surface area contributed by atoms with Gasteiger partial charge < -0.3 is 19.6 Å². The topological polar surface area (TPSA) is 124 Å². The molecule has 0 radical (unpaired) electrons. The zero-order valence-corrected chi connectivity index (χ0v) is 20.2. The van der Waals surface area contributed by atoms with E-state index in [1.54, 1.807) is 12.1 Å². The molecule has 3 aromatic heterocycles. The molecule has 5 rings (SSSR count). The first-order valence-electron chi connectivity index (χ1n) is 10.4. The Balaban J connectivity index is 1.64. The smallest absolute Gasteiger partial charge is 0.346 e. The molecule has 0 aliphatic carbocycles. The number of thiophene rings is 1. The third-order valence-electron chi connectivity index (χ3n) is 5.59. The van der Waals surface area contributed by atoms with Crippen molar-refractivity contribution in [3.05, 3.63) is 89.8 Å². The van der Waals surface area contributed by atoms with Crippen LogP contribution in [0.25, 0.3) is 27.5 Å². The highest BCUT2D eigenvalue weighted by atomic mass is 35.5. The molecule has 2 aromatic carbocycles. The number of nitrogens with one attached hydrogen (secondary N) is 1. The first-order valence-corrected chi connectivity index (χ1v) is 11.7. The van der Waals surface area contributed by atoms with Crippen LogP contribution in [0.5, 0.6) is 11.5 Å². The summed E-state index contributed by atoms with van der Waals surface area (Å²) < 4.78 is 41.2. The predicted octanol–water partition coefficient (Wildman–Crippen LogP) is 4.51. The molecule has 0 atom stereocenters. The Morgan fingerprint density at radius 3 is 2.73 bits per heavy atom. The van der Waals surface area contributed by atoms with Crippen LogP contribution in [0.15, 0.2) is 51.5 Å². The van der Waals surface area contributed by atoms with Gasteiger partial charge in [0.15, 0.2) is 17.3 Å². The van der Waals surface area contributed by atoms with Gasteiger partial charge in [-0.1, -0.05) is 11.6 Å². The number of hydrogen-bond acceptors (Lipinski definition) is 7. The van der Waals surface area contributed by atoms with Crippen molar-refractivity contribution in [3.63, 3.8) is 0 Å². The Morgan fingerprint density at radius 1 is 1.22 bits per heavy atom. The molecule has 2 N–H and O–H groups in total. The SMILES string of the molecule is COc1cc(F)c(-n2c(=O)[nH]c3csc(C(=O)O)c3c2=O)cc1OCc1c(F)cc(Cl)c2cccnc12. The molecule has 0 saturated heterocycles. The summed E-state index contributed by atoms with van der Waals surface area (Å²) in [5.41, 5.74) is -2.23. The second-order valence-electron chi connectivity index (χ2n) is 7.69. The van der Waals surface area contributed by atoms with Gasteiger partial charge in [0.25, 0.3) is 5.56 Å². The molecule has 0 bridgehead atoms. The fourth-order valence-electron chi connectivity index (χ4n) is 3.90. The summed E-state index contributed by atoms with van der Waals surface area (Å²) in [6.45, 7) is -0.379. The van der Waals surface area contributed by atoms with Crippen molar-refractivity contribution in [2.24, 2.45) is 0 Å². The molecule has 0 spiro atoms. The Bertz CT molecular complexity index is 1850. The van der Waals surface area contributed by atoms with E-state index in [2.05, 4.69) is 9.97 Å². The number of carbonyl (C=O) groups is 1. The molecule has 37 heavy (non-hydrogen) atoms. The summed E-state index contributed by atoms with van der Waals surface area (Å²) in [7, 11) is 1.25. The van der Waals surface area contributed by atoms with E-state index in [9.17, 15) is 23.9 Å². The quantitative estimate of drug-likeness (QED) is 0.322. The van der Waals surface area contributed by atoms with Crippen LogP contribution < -0.4 is 20.7 Å². The summed E-state index contributed by atoms with van der Waals surface area (Å²) in [6, 6.07) is 6.34. The molecular formula is C24H14ClF2N3O6S. The number of aromatic amines is 1. The molecule has 5 aromatic rings. The van der Waals surface area contributed by atoms with Crippen LogP contribution in [0.3, 0.4) is 0 Å². The number of aromatic nitrogens is 3. The molecule has 0 saturated carbocycles. The number of fused-ring (bicyclic) bond motifs is 2. The van der Waals surface area contributed by atoms with Gasteiger partial charge in [0, 0.05) is 29.1 Å². The fourth-order valence-corrected chi connectivity index (χ4v) is 4.97. The van der Waals surface area contributed by atoms with E-state index in [1.165, 1.54) is 18.7 Å². The second kappa shape index (κ2) is 9.30. The number of benzene rings is 2. The average Bonchev–Trinajstić information content (AvgIpc) is 3.29. The highest BCUT2D eigenvalue weighted by molar-refractivity contribution is 7.13. The Labute approximate surface area is 214 Å². The van der Waals surface area contributed by atoms with Crippen LogP contribution in [-0.4, -0.2) is 32.7 Å². The van der Waals surface area contributed by atoms with E-state index in [4.69, 9.17) is 21.1 Å². The number of halogens is 3. The summed E-state index contributed by atoms with van der Waals surface area (Å²) in [4.78, 5) is 43.6. The highest BCUT2D eigenvalue weighted by Crippen LogP contribution is 2.34. The monoisotopic (exact) mass is 545 g/mol. The van der Waals surface area contributed by atoms with Crippen molar-refractivity contribution >= 4 is 50.7 Å². The zero-order valence-electron chi connectivity index (χ0n) is 18.7. The van der Waals surface area contributed by atoms with Gasteiger partial charge in [-0.25, -0.2) is 22.9 Å². The molecule has 0 aliphatic rings. The maximum absolute atomic E-state index is 15.1. The van der Waals surface area contributed by atoms with E-state index in [0.717, 1.165) is 29.5 Å². The van der Waals surface area contributed by atoms with Crippen LogP contribution in [0.4, 0.5) is 8.78 Å². The number of H-pyrrole nitrogens is 1. The average molecular weight is 546 g/mol. The van der Waals surface area contributed by atoms with Gasteiger partial charge in [-0.3, -0.25) is 9.78 Å². The third-order valence-corrected chi connectivity index (χ3v) is 6.87. The van der Waals surface area contributed by atoms with E-state index < -0.39 is 34.5 Å². The van der Waals surface area contributed by atoms with Gasteiger partial charge in [-0.05, 0) is 18.2 Å². The van der Waals surface area contributed by atoms with E-state index in [-0.39, 0.29) is 50.0 Å². The summed E-state index contributed by atoms with van der Waals surface area (Å²) in [5, 5.41) is 11.1. The lowest BCUT2D eigenvalue weighted by atomic mass is 10.1. The minimum atomic E-state index is -1.37.